The number of hydrogen-bond acceptors (Lipinski definition) is 5. The van der Waals surface area contributed by atoms with E-state index in [9.17, 15) is 14.9 Å². The van der Waals surface area contributed by atoms with Crippen molar-refractivity contribution in [3.05, 3.63) is 55.2 Å². The Hall–Kier alpha value is -2.43. The van der Waals surface area contributed by atoms with Crippen LogP contribution in [0.2, 0.25) is 4.34 Å². The van der Waals surface area contributed by atoms with Gasteiger partial charge in [0.05, 0.1) is 16.6 Å². The lowest BCUT2D eigenvalue weighted by Crippen LogP contribution is -2.09. The van der Waals surface area contributed by atoms with Gasteiger partial charge in [0.15, 0.2) is 4.34 Å². The second-order valence-corrected chi connectivity index (χ2v) is 5.32. The highest BCUT2D eigenvalue weighted by Crippen LogP contribution is 2.34. The van der Waals surface area contributed by atoms with Crippen LogP contribution >= 0.6 is 22.9 Å². The van der Waals surface area contributed by atoms with Crippen molar-refractivity contribution in [2.45, 2.75) is 0 Å². The normalized spacial score (nSPS) is 9.80. The number of anilines is 1. The molecule has 0 aliphatic rings. The summed E-state index contributed by atoms with van der Waals surface area (Å²) in [7, 11) is 0. The molecular formula is C12H6ClN3O3S. The molecule has 1 aromatic heterocycles. The first-order valence-corrected chi connectivity index (χ1v) is 6.46. The SMILES string of the molecule is N#Cc1ccc(NC(=O)c2cc([N+](=O)[O-])c(Cl)s2)cc1. The number of rotatable bonds is 3. The Morgan fingerprint density at radius 3 is 2.55 bits per heavy atom. The van der Waals surface area contributed by atoms with E-state index in [4.69, 9.17) is 16.9 Å². The Morgan fingerprint density at radius 2 is 2.05 bits per heavy atom. The molecule has 8 heteroatoms. The molecule has 0 atom stereocenters. The van der Waals surface area contributed by atoms with E-state index in [-0.39, 0.29) is 14.9 Å². The summed E-state index contributed by atoms with van der Waals surface area (Å²) in [4.78, 5) is 22.1. The van der Waals surface area contributed by atoms with Crippen LogP contribution in [0.1, 0.15) is 15.2 Å². The van der Waals surface area contributed by atoms with Gasteiger partial charge in [0, 0.05) is 11.8 Å². The third-order valence-electron chi connectivity index (χ3n) is 2.36. The van der Waals surface area contributed by atoms with Crippen molar-refractivity contribution in [1.29, 1.82) is 5.26 Å². The van der Waals surface area contributed by atoms with Crippen molar-refractivity contribution in [2.75, 3.05) is 5.32 Å². The zero-order valence-electron chi connectivity index (χ0n) is 9.79. The first-order chi connectivity index (χ1) is 9.51. The summed E-state index contributed by atoms with van der Waals surface area (Å²) in [6, 6.07) is 9.34. The van der Waals surface area contributed by atoms with Crippen molar-refractivity contribution < 1.29 is 9.72 Å². The van der Waals surface area contributed by atoms with Gasteiger partial charge in [-0.15, -0.1) is 11.3 Å². The van der Waals surface area contributed by atoms with Crippen LogP contribution in [0.4, 0.5) is 11.4 Å². The molecule has 0 aliphatic heterocycles. The van der Waals surface area contributed by atoms with Gasteiger partial charge in [-0.25, -0.2) is 0 Å². The third kappa shape index (κ3) is 2.93. The molecule has 0 unspecified atom stereocenters. The van der Waals surface area contributed by atoms with Crippen LogP contribution in [0.3, 0.4) is 0 Å². The lowest BCUT2D eigenvalue weighted by molar-refractivity contribution is -0.384. The maximum absolute atomic E-state index is 11.9. The highest BCUT2D eigenvalue weighted by atomic mass is 35.5. The van der Waals surface area contributed by atoms with Gasteiger partial charge < -0.3 is 5.32 Å². The molecule has 1 N–H and O–H groups in total. The predicted octanol–water partition coefficient (Wildman–Crippen LogP) is 3.43. The lowest BCUT2D eigenvalue weighted by Gasteiger charge is -2.02. The van der Waals surface area contributed by atoms with E-state index in [1.807, 2.05) is 6.07 Å². The molecule has 20 heavy (non-hydrogen) atoms. The fourth-order valence-corrected chi connectivity index (χ4v) is 2.53. The molecule has 0 saturated heterocycles. The second kappa shape index (κ2) is 5.69. The summed E-state index contributed by atoms with van der Waals surface area (Å²) in [5.74, 6) is -0.491. The van der Waals surface area contributed by atoms with Crippen LogP contribution in [0.5, 0.6) is 0 Å². The number of nitro groups is 1. The van der Waals surface area contributed by atoms with E-state index in [2.05, 4.69) is 5.32 Å². The number of amides is 1. The standard InChI is InChI=1S/C12H6ClN3O3S/c13-11-9(16(18)19)5-10(20-11)12(17)15-8-3-1-7(6-14)2-4-8/h1-5H,(H,15,17). The molecule has 0 spiro atoms. The molecule has 0 bridgehead atoms. The molecule has 0 fully saturated rings. The van der Waals surface area contributed by atoms with Crippen molar-refractivity contribution >= 4 is 40.2 Å². The molecule has 0 saturated carbocycles. The molecule has 2 rings (SSSR count). The van der Waals surface area contributed by atoms with Crippen LogP contribution in [0, 0.1) is 21.4 Å². The highest BCUT2D eigenvalue weighted by molar-refractivity contribution is 7.18. The average molecular weight is 308 g/mol. The molecule has 0 radical (unpaired) electrons. The summed E-state index contributed by atoms with van der Waals surface area (Å²) >= 11 is 6.52. The van der Waals surface area contributed by atoms with Crippen molar-refractivity contribution in [3.8, 4) is 6.07 Å². The summed E-state index contributed by atoms with van der Waals surface area (Å²) in [6.07, 6.45) is 0. The Balaban J connectivity index is 2.17. The van der Waals surface area contributed by atoms with Gasteiger partial charge in [-0.2, -0.15) is 5.26 Å². The minimum absolute atomic E-state index is 0.0417. The average Bonchev–Trinajstić information content (AvgIpc) is 2.82. The van der Waals surface area contributed by atoms with Crippen LogP contribution in [-0.2, 0) is 0 Å². The van der Waals surface area contributed by atoms with Crippen LogP contribution < -0.4 is 5.32 Å². The number of benzene rings is 1. The van der Waals surface area contributed by atoms with Crippen molar-refractivity contribution in [1.82, 2.24) is 0 Å². The first-order valence-electron chi connectivity index (χ1n) is 5.26. The van der Waals surface area contributed by atoms with Gasteiger partial charge in [0.1, 0.15) is 4.88 Å². The molecule has 1 heterocycles. The fourth-order valence-electron chi connectivity index (χ4n) is 1.42. The molecule has 1 aromatic carbocycles. The maximum atomic E-state index is 11.9. The Labute approximate surface area is 122 Å². The summed E-state index contributed by atoms with van der Waals surface area (Å²) in [6.45, 7) is 0. The van der Waals surface area contributed by atoms with Gasteiger partial charge in [0.25, 0.3) is 11.6 Å². The van der Waals surface area contributed by atoms with Gasteiger partial charge in [-0.1, -0.05) is 11.6 Å². The third-order valence-corrected chi connectivity index (χ3v) is 3.70. The summed E-state index contributed by atoms with van der Waals surface area (Å²) in [5, 5.41) is 21.9. The zero-order valence-corrected chi connectivity index (χ0v) is 11.4. The number of carbonyl (C=O) groups is 1. The number of halogens is 1. The molecule has 0 aliphatic carbocycles. The van der Waals surface area contributed by atoms with E-state index in [0.717, 1.165) is 17.4 Å². The second-order valence-electron chi connectivity index (χ2n) is 3.67. The molecule has 1 amide bonds. The largest absolute Gasteiger partial charge is 0.321 e. The van der Waals surface area contributed by atoms with E-state index in [1.54, 1.807) is 24.3 Å². The minimum Gasteiger partial charge on any atom is -0.321 e. The smallest absolute Gasteiger partial charge is 0.299 e. The van der Waals surface area contributed by atoms with Gasteiger partial charge in [-0.3, -0.25) is 14.9 Å². The molecule has 100 valence electrons. The predicted molar refractivity (Wildman–Crippen MR) is 75.1 cm³/mol. The summed E-state index contributed by atoms with van der Waals surface area (Å²) < 4.78 is -0.0417. The number of hydrogen-bond donors (Lipinski definition) is 1. The Bertz CT molecular complexity index is 719. The van der Waals surface area contributed by atoms with Crippen LogP contribution in [-0.4, -0.2) is 10.8 Å². The number of nitrogens with zero attached hydrogens (tertiary/aromatic N) is 2. The van der Waals surface area contributed by atoms with Crippen molar-refractivity contribution in [3.63, 3.8) is 0 Å². The molecule has 6 nitrogen and oxygen atoms in total. The summed E-state index contributed by atoms with van der Waals surface area (Å²) in [5.41, 5.74) is 0.667. The number of thiophene rings is 1. The Morgan fingerprint density at radius 1 is 1.40 bits per heavy atom. The van der Waals surface area contributed by atoms with Crippen molar-refractivity contribution in [2.24, 2.45) is 0 Å². The number of nitriles is 1. The maximum Gasteiger partial charge on any atom is 0.299 e. The van der Waals surface area contributed by atoms with Gasteiger partial charge in [-0.05, 0) is 24.3 Å². The Kier molecular flexibility index (Phi) is 3.98. The number of carbonyl (C=O) groups excluding carboxylic acids is 1. The van der Waals surface area contributed by atoms with E-state index >= 15 is 0 Å². The van der Waals surface area contributed by atoms with Crippen LogP contribution in [0.15, 0.2) is 30.3 Å². The van der Waals surface area contributed by atoms with E-state index < -0.39 is 10.8 Å². The number of nitrogens with one attached hydrogen (secondary N) is 1. The quantitative estimate of drug-likeness (QED) is 0.694. The van der Waals surface area contributed by atoms with E-state index in [0.29, 0.717) is 11.3 Å². The minimum atomic E-state index is -0.642. The lowest BCUT2D eigenvalue weighted by atomic mass is 10.2. The fraction of sp³-hybridized carbons (Fsp3) is 0. The zero-order chi connectivity index (χ0) is 14.7. The van der Waals surface area contributed by atoms with E-state index in [1.165, 1.54) is 0 Å². The molecule has 2 aromatic rings. The topological polar surface area (TPSA) is 96.0 Å². The van der Waals surface area contributed by atoms with Gasteiger partial charge in [0.2, 0.25) is 0 Å². The highest BCUT2D eigenvalue weighted by Gasteiger charge is 2.21. The first kappa shape index (κ1) is 14.0. The molecular weight excluding hydrogens is 302 g/mol. The van der Waals surface area contributed by atoms with Crippen LogP contribution in [0.25, 0.3) is 0 Å². The van der Waals surface area contributed by atoms with Gasteiger partial charge >= 0.3 is 0 Å². The monoisotopic (exact) mass is 307 g/mol.